The van der Waals surface area contributed by atoms with E-state index in [0.29, 0.717) is 6.04 Å². The van der Waals surface area contributed by atoms with E-state index < -0.39 is 0 Å². The van der Waals surface area contributed by atoms with E-state index in [-0.39, 0.29) is 0 Å². The molecular weight excluding hydrogens is 208 g/mol. The Balaban J connectivity index is 2.62. The SMILES string of the molecule is CCCNC(C)CN(CC)c1ccccc1C. The summed E-state index contributed by atoms with van der Waals surface area (Å²) < 4.78 is 0. The van der Waals surface area contributed by atoms with Crippen LogP contribution in [0.25, 0.3) is 0 Å². The van der Waals surface area contributed by atoms with Gasteiger partial charge in [-0.3, -0.25) is 0 Å². The Morgan fingerprint density at radius 2 is 1.94 bits per heavy atom. The highest BCUT2D eigenvalue weighted by atomic mass is 15.1. The van der Waals surface area contributed by atoms with Gasteiger partial charge in [0.25, 0.3) is 0 Å². The van der Waals surface area contributed by atoms with E-state index in [1.165, 1.54) is 17.7 Å². The molecule has 2 nitrogen and oxygen atoms in total. The first-order valence-corrected chi connectivity index (χ1v) is 6.73. The molecule has 0 aliphatic heterocycles. The highest BCUT2D eigenvalue weighted by Crippen LogP contribution is 2.19. The van der Waals surface area contributed by atoms with E-state index in [4.69, 9.17) is 0 Å². The number of hydrogen-bond donors (Lipinski definition) is 1. The van der Waals surface area contributed by atoms with Gasteiger partial charge in [-0.25, -0.2) is 0 Å². The van der Waals surface area contributed by atoms with Crippen LogP contribution >= 0.6 is 0 Å². The Labute approximate surface area is 106 Å². The lowest BCUT2D eigenvalue weighted by Gasteiger charge is -2.28. The van der Waals surface area contributed by atoms with Crippen molar-refractivity contribution in [3.8, 4) is 0 Å². The molecule has 1 atom stereocenters. The van der Waals surface area contributed by atoms with Crippen molar-refractivity contribution in [2.24, 2.45) is 0 Å². The minimum absolute atomic E-state index is 0.537. The Morgan fingerprint density at radius 3 is 2.53 bits per heavy atom. The number of aryl methyl sites for hydroxylation is 1. The molecule has 0 saturated carbocycles. The largest absolute Gasteiger partial charge is 0.370 e. The zero-order valence-corrected chi connectivity index (χ0v) is 11.7. The minimum atomic E-state index is 0.537. The second-order valence-corrected chi connectivity index (χ2v) is 4.68. The van der Waals surface area contributed by atoms with Crippen LogP contribution in [0.1, 0.15) is 32.8 Å². The standard InChI is InChI=1S/C15H26N2/c1-5-11-16-14(4)12-17(6-2)15-10-8-7-9-13(15)3/h7-10,14,16H,5-6,11-12H2,1-4H3. The lowest BCUT2D eigenvalue weighted by Crippen LogP contribution is -2.39. The molecule has 0 bridgehead atoms. The third-order valence-corrected chi connectivity index (χ3v) is 3.07. The lowest BCUT2D eigenvalue weighted by atomic mass is 10.1. The molecule has 2 heteroatoms. The van der Waals surface area contributed by atoms with Crippen LogP contribution in [-0.4, -0.2) is 25.7 Å². The summed E-state index contributed by atoms with van der Waals surface area (Å²) >= 11 is 0. The van der Waals surface area contributed by atoms with Crippen LogP contribution in [0.5, 0.6) is 0 Å². The van der Waals surface area contributed by atoms with Gasteiger partial charge in [-0.2, -0.15) is 0 Å². The average Bonchev–Trinajstić information content (AvgIpc) is 2.34. The van der Waals surface area contributed by atoms with E-state index in [0.717, 1.165) is 19.6 Å². The number of nitrogens with zero attached hydrogens (tertiary/aromatic N) is 1. The van der Waals surface area contributed by atoms with E-state index in [1.54, 1.807) is 0 Å². The Hall–Kier alpha value is -1.02. The minimum Gasteiger partial charge on any atom is -0.370 e. The second kappa shape index (κ2) is 7.33. The van der Waals surface area contributed by atoms with Gasteiger partial charge in [-0.05, 0) is 45.4 Å². The Morgan fingerprint density at radius 1 is 1.24 bits per heavy atom. The summed E-state index contributed by atoms with van der Waals surface area (Å²) in [6.07, 6.45) is 1.20. The third kappa shape index (κ3) is 4.39. The van der Waals surface area contributed by atoms with Gasteiger partial charge >= 0.3 is 0 Å². The molecule has 1 aromatic carbocycles. The number of likely N-dealkylation sites (N-methyl/N-ethyl adjacent to an activating group) is 1. The zero-order valence-electron chi connectivity index (χ0n) is 11.7. The van der Waals surface area contributed by atoms with Gasteiger partial charge in [0.1, 0.15) is 0 Å². The zero-order chi connectivity index (χ0) is 12.7. The maximum Gasteiger partial charge on any atom is 0.0396 e. The fourth-order valence-electron chi connectivity index (χ4n) is 2.10. The second-order valence-electron chi connectivity index (χ2n) is 4.68. The van der Waals surface area contributed by atoms with Crippen molar-refractivity contribution in [1.82, 2.24) is 5.32 Å². The topological polar surface area (TPSA) is 15.3 Å². The molecule has 96 valence electrons. The maximum absolute atomic E-state index is 3.54. The van der Waals surface area contributed by atoms with Crippen LogP contribution in [0.3, 0.4) is 0 Å². The van der Waals surface area contributed by atoms with Gasteiger partial charge in [0.2, 0.25) is 0 Å². The molecule has 0 aliphatic carbocycles. The van der Waals surface area contributed by atoms with E-state index in [2.05, 4.69) is 62.2 Å². The van der Waals surface area contributed by atoms with Crippen molar-refractivity contribution in [3.05, 3.63) is 29.8 Å². The number of hydrogen-bond acceptors (Lipinski definition) is 2. The third-order valence-electron chi connectivity index (χ3n) is 3.07. The molecule has 0 aliphatic rings. The van der Waals surface area contributed by atoms with Crippen LogP contribution in [-0.2, 0) is 0 Å². The first kappa shape index (κ1) is 14.0. The fourth-order valence-corrected chi connectivity index (χ4v) is 2.10. The number of benzene rings is 1. The predicted molar refractivity (Wildman–Crippen MR) is 76.8 cm³/mol. The quantitative estimate of drug-likeness (QED) is 0.779. The van der Waals surface area contributed by atoms with Gasteiger partial charge in [0.15, 0.2) is 0 Å². The first-order chi connectivity index (χ1) is 8.19. The van der Waals surface area contributed by atoms with Crippen molar-refractivity contribution in [2.75, 3.05) is 24.5 Å². The summed E-state index contributed by atoms with van der Waals surface area (Å²) in [5.41, 5.74) is 2.72. The lowest BCUT2D eigenvalue weighted by molar-refractivity contribution is 0.536. The molecule has 1 unspecified atom stereocenters. The van der Waals surface area contributed by atoms with Gasteiger partial charge in [0, 0.05) is 24.8 Å². The number of nitrogens with one attached hydrogen (secondary N) is 1. The molecule has 1 rings (SSSR count). The highest BCUT2D eigenvalue weighted by Gasteiger charge is 2.10. The summed E-state index contributed by atoms with van der Waals surface area (Å²) in [4.78, 5) is 2.45. The Kier molecular flexibility index (Phi) is 6.06. The average molecular weight is 234 g/mol. The molecule has 0 fully saturated rings. The molecule has 0 radical (unpaired) electrons. The molecule has 0 aromatic heterocycles. The van der Waals surface area contributed by atoms with Crippen LogP contribution in [0.15, 0.2) is 24.3 Å². The van der Waals surface area contributed by atoms with Gasteiger partial charge < -0.3 is 10.2 Å². The summed E-state index contributed by atoms with van der Waals surface area (Å²) in [5, 5.41) is 3.54. The summed E-state index contributed by atoms with van der Waals surface area (Å²) in [6.45, 7) is 12.1. The summed E-state index contributed by atoms with van der Waals surface area (Å²) in [6, 6.07) is 9.16. The van der Waals surface area contributed by atoms with Crippen molar-refractivity contribution >= 4 is 5.69 Å². The molecule has 1 N–H and O–H groups in total. The molecule has 0 spiro atoms. The van der Waals surface area contributed by atoms with Gasteiger partial charge in [-0.1, -0.05) is 25.1 Å². The summed E-state index contributed by atoms with van der Waals surface area (Å²) in [5.74, 6) is 0. The smallest absolute Gasteiger partial charge is 0.0396 e. The number of anilines is 1. The fraction of sp³-hybridized carbons (Fsp3) is 0.600. The van der Waals surface area contributed by atoms with Crippen LogP contribution in [0, 0.1) is 6.92 Å². The molecule has 1 aromatic rings. The van der Waals surface area contributed by atoms with Crippen molar-refractivity contribution in [2.45, 2.75) is 40.2 Å². The van der Waals surface area contributed by atoms with Crippen molar-refractivity contribution in [3.63, 3.8) is 0 Å². The maximum atomic E-state index is 3.54. The molecule has 0 heterocycles. The van der Waals surface area contributed by atoms with Gasteiger partial charge in [-0.15, -0.1) is 0 Å². The first-order valence-electron chi connectivity index (χ1n) is 6.73. The van der Waals surface area contributed by atoms with Crippen LogP contribution < -0.4 is 10.2 Å². The normalized spacial score (nSPS) is 12.5. The summed E-state index contributed by atoms with van der Waals surface area (Å²) in [7, 11) is 0. The van der Waals surface area contributed by atoms with Crippen LogP contribution in [0.2, 0.25) is 0 Å². The monoisotopic (exact) mass is 234 g/mol. The van der Waals surface area contributed by atoms with Crippen molar-refractivity contribution in [1.29, 1.82) is 0 Å². The Bertz CT molecular complexity index is 322. The van der Waals surface area contributed by atoms with E-state index in [1.807, 2.05) is 0 Å². The predicted octanol–water partition coefficient (Wildman–Crippen LogP) is 3.21. The van der Waals surface area contributed by atoms with Gasteiger partial charge in [0.05, 0.1) is 0 Å². The number of rotatable bonds is 7. The molecule has 0 saturated heterocycles. The van der Waals surface area contributed by atoms with E-state index in [9.17, 15) is 0 Å². The molecular formula is C15H26N2. The van der Waals surface area contributed by atoms with E-state index >= 15 is 0 Å². The van der Waals surface area contributed by atoms with Crippen molar-refractivity contribution < 1.29 is 0 Å². The van der Waals surface area contributed by atoms with Crippen LogP contribution in [0.4, 0.5) is 5.69 Å². The molecule has 17 heavy (non-hydrogen) atoms. The highest BCUT2D eigenvalue weighted by molar-refractivity contribution is 5.52. The molecule has 0 amide bonds. The number of para-hydroxylation sites is 1.